The first-order valence-electron chi connectivity index (χ1n) is 12.5. The van der Waals surface area contributed by atoms with Gasteiger partial charge in [-0.2, -0.15) is 0 Å². The molecular weight excluding hydrogens is 470 g/mol. The number of hydrogen-bond acceptors (Lipinski definition) is 8. The lowest BCUT2D eigenvalue weighted by Gasteiger charge is -2.37. The summed E-state index contributed by atoms with van der Waals surface area (Å²) in [5.41, 5.74) is 9.60. The summed E-state index contributed by atoms with van der Waals surface area (Å²) in [7, 11) is 4.02. The predicted molar refractivity (Wildman–Crippen MR) is 143 cm³/mol. The van der Waals surface area contributed by atoms with Gasteiger partial charge in [0.15, 0.2) is 17.3 Å². The van der Waals surface area contributed by atoms with E-state index >= 15 is 0 Å². The minimum atomic E-state index is -0.243. The molecule has 1 aliphatic heterocycles. The summed E-state index contributed by atoms with van der Waals surface area (Å²) in [6.45, 7) is 3.57. The normalized spacial score (nSPS) is 15.1. The van der Waals surface area contributed by atoms with Crippen LogP contribution >= 0.6 is 0 Å². The van der Waals surface area contributed by atoms with Gasteiger partial charge in [-0.3, -0.25) is 14.4 Å². The number of benzene rings is 2. The van der Waals surface area contributed by atoms with Gasteiger partial charge < -0.3 is 30.2 Å². The van der Waals surface area contributed by atoms with Crippen molar-refractivity contribution in [3.05, 3.63) is 76.7 Å². The molecule has 0 unspecified atom stereocenters. The number of carbonyl (C=O) groups excluding carboxylic acids is 3. The Kier molecular flexibility index (Phi) is 6.71. The summed E-state index contributed by atoms with van der Waals surface area (Å²) in [6.07, 6.45) is 2.36. The number of nitrogens with one attached hydrogen (secondary N) is 1. The number of anilines is 3. The lowest BCUT2D eigenvalue weighted by molar-refractivity contribution is 0.0714. The standard InChI is InChI=1S/C28H31N5O4/c1-31(2)11-6-10-30-20-17-21(32-12-14-33(15-13-32)28(36)22-9-5-16-37-22)25(29)24-23(20)26(34)18-7-3-4-8-19(18)27(24)35/h3-5,7-9,16-17,30H,6,10-15,29H2,1-2H3. The molecule has 192 valence electrons. The van der Waals surface area contributed by atoms with Gasteiger partial charge in [0.2, 0.25) is 0 Å². The topological polar surface area (TPSA) is 112 Å². The molecule has 0 radical (unpaired) electrons. The number of fused-ring (bicyclic) bond motifs is 2. The number of nitrogen functional groups attached to an aromatic ring is 1. The minimum absolute atomic E-state index is 0.149. The van der Waals surface area contributed by atoms with Crippen LogP contribution in [0.2, 0.25) is 0 Å². The second-order valence-electron chi connectivity index (χ2n) is 9.65. The van der Waals surface area contributed by atoms with Gasteiger partial charge in [0.25, 0.3) is 5.91 Å². The molecule has 2 aromatic carbocycles. The maximum atomic E-state index is 13.6. The average molecular weight is 502 g/mol. The number of furan rings is 1. The molecule has 2 heterocycles. The molecule has 37 heavy (non-hydrogen) atoms. The molecule has 1 amide bonds. The van der Waals surface area contributed by atoms with Crippen molar-refractivity contribution in [2.75, 3.05) is 69.3 Å². The molecule has 0 bridgehead atoms. The predicted octanol–water partition coefficient (Wildman–Crippen LogP) is 2.96. The highest BCUT2D eigenvalue weighted by molar-refractivity contribution is 6.32. The summed E-state index contributed by atoms with van der Waals surface area (Å²) >= 11 is 0. The molecule has 3 aromatic rings. The first kappa shape index (κ1) is 24.6. The Morgan fingerprint density at radius 1 is 1.00 bits per heavy atom. The minimum Gasteiger partial charge on any atom is -0.459 e. The highest BCUT2D eigenvalue weighted by Crippen LogP contribution is 2.41. The van der Waals surface area contributed by atoms with Crippen LogP contribution in [-0.2, 0) is 0 Å². The van der Waals surface area contributed by atoms with Crippen LogP contribution in [0.1, 0.15) is 48.8 Å². The van der Waals surface area contributed by atoms with Gasteiger partial charge in [-0.25, -0.2) is 0 Å². The lowest BCUT2D eigenvalue weighted by Crippen LogP contribution is -2.49. The molecule has 2 aliphatic rings. The number of piperazine rings is 1. The highest BCUT2D eigenvalue weighted by Gasteiger charge is 2.36. The maximum absolute atomic E-state index is 13.6. The monoisotopic (exact) mass is 501 g/mol. The molecule has 1 saturated heterocycles. The fraction of sp³-hybridized carbons (Fsp3) is 0.321. The SMILES string of the molecule is CN(C)CCCNc1cc(N2CCN(C(=O)c3ccco3)CC2)c(N)c2c1C(=O)c1ccccc1C2=O. The zero-order chi connectivity index (χ0) is 26.1. The lowest BCUT2D eigenvalue weighted by atomic mass is 9.81. The summed E-state index contributed by atoms with van der Waals surface area (Å²) in [5.74, 6) is -0.280. The Morgan fingerprint density at radius 2 is 1.68 bits per heavy atom. The summed E-state index contributed by atoms with van der Waals surface area (Å²) in [4.78, 5) is 45.8. The Hall–Kier alpha value is -4.11. The van der Waals surface area contributed by atoms with Crippen molar-refractivity contribution in [2.45, 2.75) is 6.42 Å². The van der Waals surface area contributed by atoms with Crippen LogP contribution in [0.4, 0.5) is 17.1 Å². The van der Waals surface area contributed by atoms with E-state index in [2.05, 4.69) is 15.1 Å². The van der Waals surface area contributed by atoms with Crippen molar-refractivity contribution in [3.8, 4) is 0 Å². The van der Waals surface area contributed by atoms with Crippen LogP contribution < -0.4 is 16.0 Å². The van der Waals surface area contributed by atoms with Crippen LogP contribution in [0.25, 0.3) is 0 Å². The third-order valence-electron chi connectivity index (χ3n) is 6.95. The molecule has 1 aromatic heterocycles. The molecule has 1 fully saturated rings. The van der Waals surface area contributed by atoms with E-state index in [9.17, 15) is 14.4 Å². The molecule has 1 aliphatic carbocycles. The van der Waals surface area contributed by atoms with Crippen molar-refractivity contribution in [1.29, 1.82) is 0 Å². The summed E-state index contributed by atoms with van der Waals surface area (Å²) in [6, 6.07) is 12.1. The summed E-state index contributed by atoms with van der Waals surface area (Å²) < 4.78 is 5.26. The molecule has 0 saturated carbocycles. The molecule has 0 spiro atoms. The van der Waals surface area contributed by atoms with Crippen molar-refractivity contribution in [3.63, 3.8) is 0 Å². The Labute approximate surface area is 215 Å². The third kappa shape index (κ3) is 4.58. The second-order valence-corrected chi connectivity index (χ2v) is 9.65. The molecule has 0 atom stereocenters. The zero-order valence-electron chi connectivity index (χ0n) is 21.1. The van der Waals surface area contributed by atoms with E-state index in [1.807, 2.05) is 20.2 Å². The van der Waals surface area contributed by atoms with E-state index in [0.717, 1.165) is 13.0 Å². The number of rotatable bonds is 7. The van der Waals surface area contributed by atoms with Crippen LogP contribution in [-0.4, -0.2) is 80.6 Å². The highest BCUT2D eigenvalue weighted by atomic mass is 16.3. The van der Waals surface area contributed by atoms with Crippen molar-refractivity contribution in [1.82, 2.24) is 9.80 Å². The molecule has 5 rings (SSSR count). The number of nitrogens with zero attached hydrogens (tertiary/aromatic N) is 3. The van der Waals surface area contributed by atoms with Crippen molar-refractivity contribution in [2.24, 2.45) is 0 Å². The van der Waals surface area contributed by atoms with E-state index in [0.29, 0.717) is 72.2 Å². The van der Waals surface area contributed by atoms with Gasteiger partial charge >= 0.3 is 0 Å². The molecule has 9 heteroatoms. The number of ketones is 2. The van der Waals surface area contributed by atoms with Crippen LogP contribution in [0.3, 0.4) is 0 Å². The van der Waals surface area contributed by atoms with Gasteiger partial charge in [0, 0.05) is 49.5 Å². The second kappa shape index (κ2) is 10.1. The smallest absolute Gasteiger partial charge is 0.289 e. The number of hydrogen-bond donors (Lipinski definition) is 2. The average Bonchev–Trinajstić information content (AvgIpc) is 3.45. The molecule has 3 N–H and O–H groups in total. The largest absolute Gasteiger partial charge is 0.459 e. The van der Waals surface area contributed by atoms with Gasteiger partial charge in [-0.05, 0) is 45.3 Å². The number of carbonyl (C=O) groups is 3. The van der Waals surface area contributed by atoms with Crippen LogP contribution in [0, 0.1) is 0 Å². The van der Waals surface area contributed by atoms with Crippen LogP contribution in [0.5, 0.6) is 0 Å². The maximum Gasteiger partial charge on any atom is 0.289 e. The van der Waals surface area contributed by atoms with E-state index < -0.39 is 0 Å². The number of nitrogens with two attached hydrogens (primary N) is 1. The Balaban J connectivity index is 1.47. The Morgan fingerprint density at radius 3 is 2.30 bits per heavy atom. The van der Waals surface area contributed by atoms with E-state index in [-0.39, 0.29) is 23.0 Å². The van der Waals surface area contributed by atoms with Crippen molar-refractivity contribution < 1.29 is 18.8 Å². The van der Waals surface area contributed by atoms with Crippen LogP contribution in [0.15, 0.2) is 53.1 Å². The molecular formula is C28H31N5O4. The Bertz CT molecular complexity index is 1340. The third-order valence-corrected chi connectivity index (χ3v) is 6.95. The van der Waals surface area contributed by atoms with E-state index in [4.69, 9.17) is 10.2 Å². The number of amides is 1. The summed E-state index contributed by atoms with van der Waals surface area (Å²) in [5, 5.41) is 3.40. The van der Waals surface area contributed by atoms with E-state index in [1.165, 1.54) is 6.26 Å². The fourth-order valence-corrected chi connectivity index (χ4v) is 5.03. The first-order valence-corrected chi connectivity index (χ1v) is 12.5. The van der Waals surface area contributed by atoms with Gasteiger partial charge in [0.1, 0.15) is 0 Å². The van der Waals surface area contributed by atoms with E-state index in [1.54, 1.807) is 41.3 Å². The first-order chi connectivity index (χ1) is 17.9. The van der Waals surface area contributed by atoms with Gasteiger partial charge in [-0.15, -0.1) is 0 Å². The van der Waals surface area contributed by atoms with Gasteiger partial charge in [0.05, 0.1) is 28.8 Å². The zero-order valence-corrected chi connectivity index (χ0v) is 21.1. The van der Waals surface area contributed by atoms with Crippen molar-refractivity contribution >= 4 is 34.5 Å². The van der Waals surface area contributed by atoms with Gasteiger partial charge in [-0.1, -0.05) is 24.3 Å². The fourth-order valence-electron chi connectivity index (χ4n) is 5.03. The quantitative estimate of drug-likeness (QED) is 0.294. The molecule has 9 nitrogen and oxygen atoms in total.